The van der Waals surface area contributed by atoms with Gasteiger partial charge < -0.3 is 20.6 Å². The average molecular weight is 318 g/mol. The van der Waals surface area contributed by atoms with Crippen molar-refractivity contribution < 1.29 is 14.3 Å². The maximum atomic E-state index is 13.5. The first kappa shape index (κ1) is 16.7. The molecule has 7 heteroatoms. The summed E-state index contributed by atoms with van der Waals surface area (Å²) in [5.74, 6) is 0.261. The van der Waals surface area contributed by atoms with Crippen molar-refractivity contribution in [3.8, 4) is 0 Å². The Morgan fingerprint density at radius 1 is 1.30 bits per heavy atom. The van der Waals surface area contributed by atoms with Crippen LogP contribution in [-0.4, -0.2) is 36.8 Å². The molecule has 0 radical (unpaired) electrons. The molecule has 1 aromatic heterocycles. The number of rotatable bonds is 5. The van der Waals surface area contributed by atoms with Crippen LogP contribution in [0.4, 0.5) is 20.7 Å². The van der Waals surface area contributed by atoms with Crippen LogP contribution >= 0.6 is 0 Å². The number of benzene rings is 1. The van der Waals surface area contributed by atoms with Gasteiger partial charge in [0.15, 0.2) is 0 Å². The lowest BCUT2D eigenvalue weighted by molar-refractivity contribution is 0.170. The number of aliphatic hydroxyl groups is 1. The highest BCUT2D eigenvalue weighted by Gasteiger charge is 2.13. The molecule has 2 amide bonds. The van der Waals surface area contributed by atoms with Crippen molar-refractivity contribution in [2.75, 3.05) is 30.9 Å². The molecule has 0 saturated heterocycles. The van der Waals surface area contributed by atoms with E-state index < -0.39 is 18.0 Å². The first-order valence-corrected chi connectivity index (χ1v) is 7.08. The predicted molar refractivity (Wildman–Crippen MR) is 86.9 cm³/mol. The minimum Gasteiger partial charge on any atom is -0.386 e. The van der Waals surface area contributed by atoms with Crippen molar-refractivity contribution in [2.24, 2.45) is 0 Å². The number of anilines is 2. The van der Waals surface area contributed by atoms with Crippen LogP contribution in [0.1, 0.15) is 11.7 Å². The topological polar surface area (TPSA) is 77.5 Å². The standard InChI is InChI=1S/C16H19FN4O2/c1-21(2)15-8-7-11(9-18-15)20-16(23)19-10-14(22)12-5-3-4-6-13(12)17/h3-9,14,22H,10H2,1-2H3,(H2,19,20,23). The number of urea groups is 1. The largest absolute Gasteiger partial charge is 0.386 e. The van der Waals surface area contributed by atoms with Crippen LogP contribution < -0.4 is 15.5 Å². The lowest BCUT2D eigenvalue weighted by atomic mass is 10.1. The zero-order valence-electron chi connectivity index (χ0n) is 13.0. The van der Waals surface area contributed by atoms with Crippen molar-refractivity contribution in [1.82, 2.24) is 10.3 Å². The summed E-state index contributed by atoms with van der Waals surface area (Å²) in [6.45, 7) is -0.101. The Balaban J connectivity index is 1.86. The number of nitrogens with zero attached hydrogens (tertiary/aromatic N) is 2. The van der Waals surface area contributed by atoms with Crippen LogP contribution in [0.25, 0.3) is 0 Å². The van der Waals surface area contributed by atoms with E-state index in [9.17, 15) is 14.3 Å². The summed E-state index contributed by atoms with van der Waals surface area (Å²) in [5, 5.41) is 15.0. The molecular weight excluding hydrogens is 299 g/mol. The minimum atomic E-state index is -1.11. The molecule has 0 aliphatic heterocycles. The lowest BCUT2D eigenvalue weighted by Gasteiger charge is -2.14. The van der Waals surface area contributed by atoms with E-state index in [0.717, 1.165) is 5.82 Å². The molecule has 0 saturated carbocycles. The number of hydrogen-bond acceptors (Lipinski definition) is 4. The summed E-state index contributed by atoms with van der Waals surface area (Å²) in [6.07, 6.45) is 0.415. The van der Waals surface area contributed by atoms with Crippen LogP contribution in [0.3, 0.4) is 0 Å². The molecule has 0 bridgehead atoms. The molecule has 0 fully saturated rings. The maximum absolute atomic E-state index is 13.5. The van der Waals surface area contributed by atoms with E-state index in [0.29, 0.717) is 5.69 Å². The Hall–Kier alpha value is -2.67. The fourth-order valence-corrected chi connectivity index (χ4v) is 1.94. The Bertz CT molecular complexity index is 661. The summed E-state index contributed by atoms with van der Waals surface area (Å²) < 4.78 is 13.5. The number of halogens is 1. The molecule has 6 nitrogen and oxygen atoms in total. The second kappa shape index (κ2) is 7.55. The molecule has 1 heterocycles. The molecule has 2 aromatic rings. The first-order chi connectivity index (χ1) is 11.0. The molecule has 1 atom stereocenters. The molecule has 23 heavy (non-hydrogen) atoms. The molecule has 1 aromatic carbocycles. The molecular formula is C16H19FN4O2. The number of carbonyl (C=O) groups excluding carboxylic acids is 1. The van der Waals surface area contributed by atoms with Gasteiger partial charge in [-0.1, -0.05) is 18.2 Å². The van der Waals surface area contributed by atoms with Crippen molar-refractivity contribution >= 4 is 17.5 Å². The van der Waals surface area contributed by atoms with Crippen LogP contribution in [0, 0.1) is 5.82 Å². The van der Waals surface area contributed by atoms with Crippen molar-refractivity contribution in [3.05, 3.63) is 54.0 Å². The van der Waals surface area contributed by atoms with E-state index >= 15 is 0 Å². The average Bonchev–Trinajstić information content (AvgIpc) is 2.53. The van der Waals surface area contributed by atoms with E-state index in [2.05, 4.69) is 15.6 Å². The predicted octanol–water partition coefficient (Wildman–Crippen LogP) is 2.14. The molecule has 3 N–H and O–H groups in total. The maximum Gasteiger partial charge on any atom is 0.319 e. The van der Waals surface area contributed by atoms with Gasteiger partial charge in [0.1, 0.15) is 11.6 Å². The quantitative estimate of drug-likeness (QED) is 0.789. The van der Waals surface area contributed by atoms with Gasteiger partial charge in [0.05, 0.1) is 18.0 Å². The molecule has 1 unspecified atom stereocenters. The lowest BCUT2D eigenvalue weighted by Crippen LogP contribution is -2.32. The third kappa shape index (κ3) is 4.65. The van der Waals surface area contributed by atoms with Gasteiger partial charge in [-0.15, -0.1) is 0 Å². The summed E-state index contributed by atoms with van der Waals surface area (Å²) >= 11 is 0. The van der Waals surface area contributed by atoms with Crippen LogP contribution in [0.2, 0.25) is 0 Å². The Morgan fingerprint density at radius 2 is 2.04 bits per heavy atom. The van der Waals surface area contributed by atoms with Crippen LogP contribution in [0.5, 0.6) is 0 Å². The second-order valence-electron chi connectivity index (χ2n) is 5.17. The van der Waals surface area contributed by atoms with E-state index in [1.54, 1.807) is 18.2 Å². The summed E-state index contributed by atoms with van der Waals surface area (Å²) in [5.41, 5.74) is 0.665. The molecule has 0 aliphatic carbocycles. The van der Waals surface area contributed by atoms with Crippen LogP contribution in [-0.2, 0) is 0 Å². The number of amides is 2. The monoisotopic (exact) mass is 318 g/mol. The molecule has 122 valence electrons. The van der Waals surface area contributed by atoms with Gasteiger partial charge in [-0.2, -0.15) is 0 Å². The van der Waals surface area contributed by atoms with Gasteiger partial charge in [-0.25, -0.2) is 14.2 Å². The minimum absolute atomic E-state index is 0.101. The number of carbonyl (C=O) groups is 1. The van der Waals surface area contributed by atoms with Crippen molar-refractivity contribution in [1.29, 1.82) is 0 Å². The molecule has 0 aliphatic rings. The van der Waals surface area contributed by atoms with E-state index in [-0.39, 0.29) is 12.1 Å². The van der Waals surface area contributed by atoms with Gasteiger partial charge in [0, 0.05) is 26.2 Å². The van der Waals surface area contributed by atoms with E-state index in [1.807, 2.05) is 19.0 Å². The highest BCUT2D eigenvalue weighted by molar-refractivity contribution is 5.89. The SMILES string of the molecule is CN(C)c1ccc(NC(=O)NCC(O)c2ccccc2F)cn1. The first-order valence-electron chi connectivity index (χ1n) is 7.08. The summed E-state index contributed by atoms with van der Waals surface area (Å²) in [4.78, 5) is 17.8. The van der Waals surface area contributed by atoms with Crippen LogP contribution in [0.15, 0.2) is 42.6 Å². The number of aromatic nitrogens is 1. The number of nitrogens with one attached hydrogen (secondary N) is 2. The fourth-order valence-electron chi connectivity index (χ4n) is 1.94. The molecule has 0 spiro atoms. The van der Waals surface area contributed by atoms with Gasteiger partial charge in [0.25, 0.3) is 0 Å². The van der Waals surface area contributed by atoms with Crippen molar-refractivity contribution in [3.63, 3.8) is 0 Å². The van der Waals surface area contributed by atoms with Gasteiger partial charge in [0.2, 0.25) is 0 Å². The molecule has 2 rings (SSSR count). The van der Waals surface area contributed by atoms with E-state index in [4.69, 9.17) is 0 Å². The van der Waals surface area contributed by atoms with Gasteiger partial charge in [-0.3, -0.25) is 0 Å². The third-order valence-electron chi connectivity index (χ3n) is 3.18. The Kier molecular flexibility index (Phi) is 5.48. The van der Waals surface area contributed by atoms with Gasteiger partial charge >= 0.3 is 6.03 Å². The highest BCUT2D eigenvalue weighted by atomic mass is 19.1. The highest BCUT2D eigenvalue weighted by Crippen LogP contribution is 2.16. The zero-order valence-corrected chi connectivity index (χ0v) is 13.0. The normalized spacial score (nSPS) is 11.7. The number of aliphatic hydroxyl groups excluding tert-OH is 1. The van der Waals surface area contributed by atoms with Gasteiger partial charge in [-0.05, 0) is 18.2 Å². The number of pyridine rings is 1. The zero-order chi connectivity index (χ0) is 16.8. The van der Waals surface area contributed by atoms with E-state index in [1.165, 1.54) is 24.4 Å². The Morgan fingerprint density at radius 3 is 2.65 bits per heavy atom. The summed E-state index contributed by atoms with van der Waals surface area (Å²) in [6, 6.07) is 8.88. The van der Waals surface area contributed by atoms with Crippen molar-refractivity contribution in [2.45, 2.75) is 6.10 Å². The second-order valence-corrected chi connectivity index (χ2v) is 5.17. The third-order valence-corrected chi connectivity index (χ3v) is 3.18. The number of hydrogen-bond donors (Lipinski definition) is 3. The fraction of sp³-hybridized carbons (Fsp3) is 0.250. The Labute approximate surface area is 134 Å². The summed E-state index contributed by atoms with van der Waals surface area (Å²) in [7, 11) is 3.73. The smallest absolute Gasteiger partial charge is 0.319 e.